The van der Waals surface area contributed by atoms with E-state index in [2.05, 4.69) is 38.9 Å². The summed E-state index contributed by atoms with van der Waals surface area (Å²) in [6, 6.07) is 0.182. The van der Waals surface area contributed by atoms with Gasteiger partial charge < -0.3 is 15.7 Å². The first-order valence-electron chi connectivity index (χ1n) is 12.9. The van der Waals surface area contributed by atoms with Crippen molar-refractivity contribution in [3.63, 3.8) is 0 Å². The summed E-state index contributed by atoms with van der Waals surface area (Å²) < 4.78 is 30.7. The van der Waals surface area contributed by atoms with Crippen molar-refractivity contribution < 1.29 is 22.3 Å². The van der Waals surface area contributed by atoms with Crippen LogP contribution in [0.15, 0.2) is 17.1 Å². The molecule has 0 spiro atoms. The van der Waals surface area contributed by atoms with Gasteiger partial charge in [0.05, 0.1) is 13.2 Å². The third-order valence-electron chi connectivity index (χ3n) is 5.30. The van der Waals surface area contributed by atoms with E-state index in [0.717, 1.165) is 31.9 Å². The zero-order valence-electron chi connectivity index (χ0n) is 20.9. The van der Waals surface area contributed by atoms with E-state index in [4.69, 9.17) is 4.55 Å². The monoisotopic (exact) mass is 491 g/mol. The average Bonchev–Trinajstić information content (AvgIpc) is 3.27. The van der Waals surface area contributed by atoms with E-state index >= 15 is 0 Å². The lowest BCUT2D eigenvalue weighted by atomic mass is 10.0. The van der Waals surface area contributed by atoms with E-state index in [1.807, 2.05) is 0 Å². The normalized spacial score (nSPS) is 14.5. The molecule has 0 saturated carbocycles. The molecule has 196 valence electrons. The Labute approximate surface area is 202 Å². The van der Waals surface area contributed by atoms with Crippen molar-refractivity contribution in [2.45, 2.75) is 110 Å². The summed E-state index contributed by atoms with van der Waals surface area (Å²) in [4.78, 5) is 4.35. The van der Waals surface area contributed by atoms with Crippen LogP contribution in [0.25, 0.3) is 0 Å². The van der Waals surface area contributed by atoms with Crippen molar-refractivity contribution in [1.29, 1.82) is 0 Å². The molecule has 8 nitrogen and oxygen atoms in total. The lowest BCUT2D eigenvalue weighted by Crippen LogP contribution is -2.40. The lowest BCUT2D eigenvalue weighted by Gasteiger charge is -2.15. The molecule has 0 aromatic rings. The van der Waals surface area contributed by atoms with Gasteiger partial charge in [-0.25, -0.2) is 4.18 Å². The molecule has 0 bridgehead atoms. The molecule has 1 unspecified atom stereocenters. The number of nitrogens with one attached hydrogen (secondary N) is 2. The molecule has 9 heteroatoms. The molecular weight excluding hydrogens is 442 g/mol. The lowest BCUT2D eigenvalue weighted by molar-refractivity contribution is 0.279. The molecular formula is C24H49N3O5S. The molecule has 0 radical (unpaired) electrons. The quantitative estimate of drug-likeness (QED) is 0.117. The van der Waals surface area contributed by atoms with Crippen molar-refractivity contribution >= 4 is 16.4 Å². The van der Waals surface area contributed by atoms with Crippen molar-refractivity contribution in [1.82, 2.24) is 10.6 Å². The van der Waals surface area contributed by atoms with E-state index in [-0.39, 0.29) is 19.3 Å². The Hall–Kier alpha value is -1.16. The zero-order chi connectivity index (χ0) is 24.6. The second-order valence-electron chi connectivity index (χ2n) is 8.36. The van der Waals surface area contributed by atoms with E-state index < -0.39 is 10.4 Å². The van der Waals surface area contributed by atoms with Crippen LogP contribution in [-0.4, -0.2) is 56.4 Å². The topological polar surface area (TPSA) is 120 Å². The number of unbranched alkanes of at least 4 members (excludes halogenated alkanes) is 12. The molecule has 4 N–H and O–H groups in total. The van der Waals surface area contributed by atoms with Gasteiger partial charge in [-0.1, -0.05) is 89.7 Å². The molecule has 0 aliphatic carbocycles. The fourth-order valence-electron chi connectivity index (χ4n) is 3.54. The number of rotatable bonds is 19. The summed E-state index contributed by atoms with van der Waals surface area (Å²) in [7, 11) is -4.17. The van der Waals surface area contributed by atoms with Gasteiger partial charge in [-0.3, -0.25) is 9.55 Å². The van der Waals surface area contributed by atoms with Crippen LogP contribution in [0, 0.1) is 0 Å². The van der Waals surface area contributed by atoms with Crippen LogP contribution in [0.3, 0.4) is 0 Å². The van der Waals surface area contributed by atoms with Crippen LogP contribution in [-0.2, 0) is 14.6 Å². The Balaban J connectivity index is 0.00000126. The standard InChI is InChI=1S/C22H43N3O.C2H6O4S/c1-2-3-4-5-6-7-8-9-10-11-12-13-14-15-16-21(17-20-26)25-22-23-18-19-24-22;1-2-6-7(3,4)5/h15-16,21,26H,2-14,17-20H2,1H3,(H2,23,24,25);2H2,1H3,(H,3,4,5). The molecule has 0 amide bonds. The molecule has 0 fully saturated rings. The number of hydrogen-bond donors (Lipinski definition) is 4. The van der Waals surface area contributed by atoms with Crippen molar-refractivity contribution in [2.24, 2.45) is 4.99 Å². The SMILES string of the molecule is CCCCCCCCCCCCCCC=CC(CCO)NC1=NCCN1.CCOS(=O)(=O)O. The zero-order valence-corrected chi connectivity index (χ0v) is 21.8. The minimum Gasteiger partial charge on any atom is -0.396 e. The summed E-state index contributed by atoms with van der Waals surface area (Å²) in [6.45, 7) is 5.68. The van der Waals surface area contributed by atoms with Crippen molar-refractivity contribution in [3.05, 3.63) is 12.2 Å². The minimum atomic E-state index is -4.17. The van der Waals surface area contributed by atoms with Crippen LogP contribution < -0.4 is 10.6 Å². The number of nitrogens with zero attached hydrogens (tertiary/aromatic N) is 1. The highest BCUT2D eigenvalue weighted by Gasteiger charge is 2.09. The molecule has 1 aliphatic heterocycles. The Morgan fingerprint density at radius 1 is 1.03 bits per heavy atom. The van der Waals surface area contributed by atoms with E-state index in [1.54, 1.807) is 0 Å². The van der Waals surface area contributed by atoms with Gasteiger partial charge >= 0.3 is 10.4 Å². The molecule has 33 heavy (non-hydrogen) atoms. The van der Waals surface area contributed by atoms with Gasteiger partial charge in [0.2, 0.25) is 0 Å². The molecule has 0 aromatic heterocycles. The second-order valence-corrected chi connectivity index (χ2v) is 9.45. The Kier molecular flexibility index (Phi) is 21.8. The number of guanidine groups is 1. The number of aliphatic imine (C=N–C) groups is 1. The highest BCUT2D eigenvalue weighted by molar-refractivity contribution is 7.80. The first-order valence-corrected chi connectivity index (χ1v) is 14.2. The van der Waals surface area contributed by atoms with Crippen LogP contribution in [0.1, 0.15) is 104 Å². The maximum Gasteiger partial charge on any atom is 0.397 e. The third-order valence-corrected chi connectivity index (χ3v) is 5.83. The molecule has 0 aromatic carbocycles. The highest BCUT2D eigenvalue weighted by Crippen LogP contribution is 2.12. The summed E-state index contributed by atoms with van der Waals surface area (Å²) in [5.41, 5.74) is 0. The fraction of sp³-hybridized carbons (Fsp3) is 0.875. The van der Waals surface area contributed by atoms with E-state index in [0.29, 0.717) is 0 Å². The number of hydrogen-bond acceptors (Lipinski definition) is 7. The van der Waals surface area contributed by atoms with Gasteiger partial charge in [0.25, 0.3) is 0 Å². The van der Waals surface area contributed by atoms with Crippen LogP contribution in [0.2, 0.25) is 0 Å². The van der Waals surface area contributed by atoms with Gasteiger partial charge in [0.15, 0.2) is 5.96 Å². The average molecular weight is 492 g/mol. The van der Waals surface area contributed by atoms with Gasteiger partial charge in [0.1, 0.15) is 0 Å². The first kappa shape index (κ1) is 31.8. The van der Waals surface area contributed by atoms with E-state index in [1.165, 1.54) is 84.0 Å². The van der Waals surface area contributed by atoms with Crippen molar-refractivity contribution in [2.75, 3.05) is 26.3 Å². The summed E-state index contributed by atoms with van der Waals surface area (Å²) in [6.07, 6.45) is 23.1. The fourth-order valence-corrected chi connectivity index (χ4v) is 3.84. The minimum absolute atomic E-state index is 0.0289. The van der Waals surface area contributed by atoms with E-state index in [9.17, 15) is 13.5 Å². The predicted molar refractivity (Wildman–Crippen MR) is 137 cm³/mol. The number of aliphatic hydroxyl groups excluding tert-OH is 1. The molecule has 1 rings (SSSR count). The highest BCUT2D eigenvalue weighted by atomic mass is 32.3. The Bertz CT molecular complexity index is 597. The summed E-state index contributed by atoms with van der Waals surface area (Å²) in [5.74, 6) is 0.874. The largest absolute Gasteiger partial charge is 0.397 e. The Morgan fingerprint density at radius 3 is 2.03 bits per heavy atom. The summed E-state index contributed by atoms with van der Waals surface area (Å²) >= 11 is 0. The van der Waals surface area contributed by atoms with Gasteiger partial charge in [-0.2, -0.15) is 8.42 Å². The molecule has 1 atom stereocenters. The smallest absolute Gasteiger partial charge is 0.396 e. The van der Waals surface area contributed by atoms with Gasteiger partial charge in [-0.15, -0.1) is 0 Å². The number of aliphatic hydroxyl groups is 1. The van der Waals surface area contributed by atoms with Crippen molar-refractivity contribution in [3.8, 4) is 0 Å². The molecule has 1 aliphatic rings. The Morgan fingerprint density at radius 2 is 1.61 bits per heavy atom. The summed E-state index contributed by atoms with van der Waals surface area (Å²) in [5, 5.41) is 15.8. The molecule has 0 saturated heterocycles. The third kappa shape index (κ3) is 23.8. The van der Waals surface area contributed by atoms with Gasteiger partial charge in [-0.05, 0) is 26.2 Å². The maximum atomic E-state index is 9.56. The number of allylic oxidation sites excluding steroid dienone is 1. The van der Waals surface area contributed by atoms with Gasteiger partial charge in [0, 0.05) is 19.2 Å². The van der Waals surface area contributed by atoms with Crippen LogP contribution in [0.5, 0.6) is 0 Å². The van der Waals surface area contributed by atoms with Crippen LogP contribution in [0.4, 0.5) is 0 Å². The van der Waals surface area contributed by atoms with Crippen LogP contribution >= 0.6 is 0 Å². The first-order chi connectivity index (χ1) is 15.9. The molecule has 1 heterocycles. The second kappa shape index (κ2) is 22.6. The maximum absolute atomic E-state index is 9.56. The predicted octanol–water partition coefficient (Wildman–Crippen LogP) is 4.76.